The number of Topliss-reactive ketones (excluding diaryl/α,β-unsaturated/α-hetero) is 1. The monoisotopic (exact) mass is 607 g/mol. The number of nitrogens with one attached hydrogen (secondary N) is 2. The van der Waals surface area contributed by atoms with Crippen LogP contribution in [0.25, 0.3) is 11.1 Å². The minimum Gasteiger partial charge on any atom is -0.480 e. The first-order valence-electron chi connectivity index (χ1n) is 13.7. The van der Waals surface area contributed by atoms with Crippen LogP contribution in [0.3, 0.4) is 0 Å². The molecule has 1 aliphatic rings. The number of halogens is 2. The molecule has 0 spiro atoms. The lowest BCUT2D eigenvalue weighted by Crippen LogP contribution is -2.41. The van der Waals surface area contributed by atoms with E-state index in [9.17, 15) is 24.3 Å². The fourth-order valence-corrected chi connectivity index (χ4v) is 5.37. The second kappa shape index (κ2) is 14.8. The molecule has 0 fully saturated rings. The predicted octanol–water partition coefficient (Wildman–Crippen LogP) is 5.79. The van der Waals surface area contributed by atoms with E-state index in [4.69, 9.17) is 23.2 Å². The van der Waals surface area contributed by atoms with E-state index < -0.39 is 23.8 Å². The van der Waals surface area contributed by atoms with Gasteiger partial charge in [0.1, 0.15) is 6.04 Å². The summed E-state index contributed by atoms with van der Waals surface area (Å²) in [5, 5.41) is 14.8. The van der Waals surface area contributed by atoms with Crippen molar-refractivity contribution in [1.29, 1.82) is 0 Å². The summed E-state index contributed by atoms with van der Waals surface area (Å²) in [5.74, 6) is -2.86. The molecule has 3 aromatic rings. The summed E-state index contributed by atoms with van der Waals surface area (Å²) in [4.78, 5) is 54.5. The first-order valence-corrected chi connectivity index (χ1v) is 14.5. The molecule has 4 rings (SSSR count). The summed E-state index contributed by atoms with van der Waals surface area (Å²) >= 11 is 12.7. The molecule has 0 aromatic heterocycles. The molecule has 0 saturated heterocycles. The van der Waals surface area contributed by atoms with E-state index >= 15 is 0 Å². The molecule has 1 atom stereocenters. The highest BCUT2D eigenvalue weighted by molar-refractivity contribution is 6.40. The van der Waals surface area contributed by atoms with Gasteiger partial charge in [-0.2, -0.15) is 0 Å². The van der Waals surface area contributed by atoms with Crippen molar-refractivity contribution in [2.45, 2.75) is 44.6 Å². The number of carbonyl (C=O) groups excluding carboxylic acids is 3. The van der Waals surface area contributed by atoms with Gasteiger partial charge < -0.3 is 15.7 Å². The highest BCUT2D eigenvalue weighted by atomic mass is 35.5. The Hall–Kier alpha value is -4.01. The Kier molecular flexibility index (Phi) is 10.9. The Balaban J connectivity index is 1.30. The minimum absolute atomic E-state index is 0.0550. The third-order valence-electron chi connectivity index (χ3n) is 6.94. The minimum atomic E-state index is -1.36. The summed E-state index contributed by atoms with van der Waals surface area (Å²) in [5.41, 5.74) is 4.03. The van der Waals surface area contributed by atoms with Gasteiger partial charge in [0, 0.05) is 30.7 Å². The van der Waals surface area contributed by atoms with Gasteiger partial charge >= 0.3 is 5.97 Å². The average Bonchev–Trinajstić information content (AvgIpc) is 2.98. The van der Waals surface area contributed by atoms with Crippen LogP contribution >= 0.6 is 23.2 Å². The number of carboxylic acid groups (broad SMARTS) is 1. The van der Waals surface area contributed by atoms with Crippen LogP contribution in [0.2, 0.25) is 10.0 Å². The molecule has 0 unspecified atom stereocenters. The first-order chi connectivity index (χ1) is 20.2. The molecule has 0 bridgehead atoms. The van der Waals surface area contributed by atoms with Crippen molar-refractivity contribution in [3.8, 4) is 11.1 Å². The van der Waals surface area contributed by atoms with Gasteiger partial charge in [0.25, 0.3) is 11.8 Å². The third-order valence-corrected chi connectivity index (χ3v) is 7.54. The van der Waals surface area contributed by atoms with Gasteiger partial charge in [-0.15, -0.1) is 0 Å². The van der Waals surface area contributed by atoms with Crippen LogP contribution < -0.4 is 10.6 Å². The Bertz CT molecular complexity index is 1480. The van der Waals surface area contributed by atoms with E-state index in [1.807, 2.05) is 36.4 Å². The standard InChI is InChI=1S/C32H31Cl2N3O5/c33-26-17-23(21-8-2-1-3-9-21)18-27(34)29(26)31(40)37-28(32(41)42)13-12-25(38)19-36-30(39)22-10-6-7-20(15-22)16-24-11-4-5-14-35-24/h1-3,6-10,15,17-18,28H,4-5,11-14,16,19H2,(H,36,39)(H,37,40)(H,41,42)/t28-/m1/s1. The topological polar surface area (TPSA) is 125 Å². The molecule has 10 heteroatoms. The second-order valence-corrected chi connectivity index (χ2v) is 10.9. The normalized spacial score (nSPS) is 13.5. The maximum atomic E-state index is 12.9. The second-order valence-electron chi connectivity index (χ2n) is 10.1. The quantitative estimate of drug-likeness (QED) is 0.240. The van der Waals surface area contributed by atoms with Crippen LogP contribution in [0.15, 0.2) is 71.7 Å². The van der Waals surface area contributed by atoms with Gasteiger partial charge in [0.2, 0.25) is 0 Å². The molecule has 42 heavy (non-hydrogen) atoms. The van der Waals surface area contributed by atoms with Crippen molar-refractivity contribution < 1.29 is 24.3 Å². The van der Waals surface area contributed by atoms with Gasteiger partial charge in [0.15, 0.2) is 5.78 Å². The fraction of sp³-hybridized carbons (Fsp3) is 0.281. The maximum Gasteiger partial charge on any atom is 0.326 e. The Morgan fingerprint density at radius 3 is 2.29 bits per heavy atom. The third kappa shape index (κ3) is 8.50. The van der Waals surface area contributed by atoms with Crippen molar-refractivity contribution in [2.75, 3.05) is 13.1 Å². The number of nitrogens with zero attached hydrogens (tertiary/aromatic N) is 1. The number of hydrogen-bond donors (Lipinski definition) is 3. The van der Waals surface area contributed by atoms with Crippen molar-refractivity contribution in [3.63, 3.8) is 0 Å². The van der Waals surface area contributed by atoms with Crippen molar-refractivity contribution in [2.24, 2.45) is 4.99 Å². The number of aliphatic imine (C=N–C) groups is 1. The number of ketones is 1. The van der Waals surface area contributed by atoms with Gasteiger partial charge in [-0.1, -0.05) is 65.7 Å². The van der Waals surface area contributed by atoms with E-state index in [1.54, 1.807) is 30.3 Å². The van der Waals surface area contributed by atoms with Gasteiger partial charge in [-0.3, -0.25) is 19.4 Å². The van der Waals surface area contributed by atoms with E-state index in [0.717, 1.165) is 42.6 Å². The lowest BCUT2D eigenvalue weighted by molar-refractivity contribution is -0.139. The summed E-state index contributed by atoms with van der Waals surface area (Å²) < 4.78 is 0. The zero-order chi connectivity index (χ0) is 30.1. The lowest BCUT2D eigenvalue weighted by Gasteiger charge is -2.16. The smallest absolute Gasteiger partial charge is 0.326 e. The summed E-state index contributed by atoms with van der Waals surface area (Å²) in [6.45, 7) is 0.571. The van der Waals surface area contributed by atoms with E-state index in [2.05, 4.69) is 15.6 Å². The molecule has 1 aliphatic heterocycles. The predicted molar refractivity (Wildman–Crippen MR) is 164 cm³/mol. The number of aliphatic carboxylic acids is 1. The summed E-state index contributed by atoms with van der Waals surface area (Å²) in [6, 6.07) is 18.3. The maximum absolute atomic E-state index is 12.9. The average molecular weight is 609 g/mol. The summed E-state index contributed by atoms with van der Waals surface area (Å²) in [6.07, 6.45) is 3.53. The van der Waals surface area contributed by atoms with Gasteiger partial charge in [0.05, 0.1) is 22.2 Å². The van der Waals surface area contributed by atoms with Gasteiger partial charge in [-0.05, 0) is 66.6 Å². The molecular formula is C32H31Cl2N3O5. The molecule has 0 aliphatic carbocycles. The number of hydrogen-bond acceptors (Lipinski definition) is 5. The largest absolute Gasteiger partial charge is 0.480 e. The van der Waals surface area contributed by atoms with Crippen molar-refractivity contribution in [1.82, 2.24) is 10.6 Å². The fourth-order valence-electron chi connectivity index (χ4n) is 4.71. The Labute approximate surface area is 254 Å². The lowest BCUT2D eigenvalue weighted by atomic mass is 10.00. The Morgan fingerprint density at radius 2 is 1.62 bits per heavy atom. The molecule has 3 aromatic carbocycles. The molecule has 0 saturated carbocycles. The molecule has 0 radical (unpaired) electrons. The van der Waals surface area contributed by atoms with Crippen LogP contribution in [-0.2, 0) is 16.0 Å². The summed E-state index contributed by atoms with van der Waals surface area (Å²) in [7, 11) is 0. The zero-order valence-corrected chi connectivity index (χ0v) is 24.4. The number of carbonyl (C=O) groups is 4. The molecule has 3 N–H and O–H groups in total. The number of amides is 2. The van der Waals surface area contributed by atoms with E-state index in [0.29, 0.717) is 17.5 Å². The van der Waals surface area contributed by atoms with Crippen LogP contribution in [0.5, 0.6) is 0 Å². The van der Waals surface area contributed by atoms with Crippen molar-refractivity contribution >= 4 is 52.5 Å². The van der Waals surface area contributed by atoms with Crippen LogP contribution in [0, 0.1) is 0 Å². The molecule has 8 nitrogen and oxygen atoms in total. The van der Waals surface area contributed by atoms with E-state index in [1.165, 1.54) is 0 Å². The van der Waals surface area contributed by atoms with Crippen LogP contribution in [0.4, 0.5) is 0 Å². The van der Waals surface area contributed by atoms with Crippen LogP contribution in [0.1, 0.15) is 58.4 Å². The highest BCUT2D eigenvalue weighted by Gasteiger charge is 2.25. The molecule has 2 amide bonds. The molecular weight excluding hydrogens is 577 g/mol. The van der Waals surface area contributed by atoms with Crippen LogP contribution in [-0.4, -0.2) is 53.5 Å². The molecule has 1 heterocycles. The first kappa shape index (κ1) is 30.9. The molecule has 218 valence electrons. The van der Waals surface area contributed by atoms with E-state index in [-0.39, 0.29) is 40.8 Å². The number of rotatable bonds is 12. The van der Waals surface area contributed by atoms with Gasteiger partial charge in [-0.25, -0.2) is 4.79 Å². The highest BCUT2D eigenvalue weighted by Crippen LogP contribution is 2.32. The number of benzene rings is 3. The SMILES string of the molecule is O=C(CC[C@@H](NC(=O)c1c(Cl)cc(-c2ccccc2)cc1Cl)C(=O)O)CNC(=O)c1cccc(CC2=NCCCC2)c1. The zero-order valence-electron chi connectivity index (χ0n) is 22.9. The Morgan fingerprint density at radius 1 is 0.881 bits per heavy atom. The van der Waals surface area contributed by atoms with Crippen molar-refractivity contribution in [3.05, 3.63) is 93.5 Å². The number of carboxylic acids is 1.